The third kappa shape index (κ3) is 3.96. The van der Waals surface area contributed by atoms with Gasteiger partial charge >= 0.3 is 0 Å². The Balaban J connectivity index is 0.00000182. The molecule has 25 heavy (non-hydrogen) atoms. The molecule has 0 atom stereocenters. The summed E-state index contributed by atoms with van der Waals surface area (Å²) in [5.41, 5.74) is 3.49. The first-order chi connectivity index (χ1) is 11.7. The molecule has 0 fully saturated rings. The average Bonchev–Trinajstić information content (AvgIpc) is 3.01. The molecule has 0 aliphatic heterocycles. The fourth-order valence-corrected chi connectivity index (χ4v) is 3.11. The second-order valence-electron chi connectivity index (χ2n) is 5.53. The molecule has 0 saturated carbocycles. The Morgan fingerprint density at radius 1 is 1.04 bits per heavy atom. The molecule has 0 N–H and O–H groups in total. The van der Waals surface area contributed by atoms with E-state index in [0.717, 1.165) is 26.7 Å². The summed E-state index contributed by atoms with van der Waals surface area (Å²) in [5, 5.41) is 0. The molecule has 126 valence electrons. The zero-order valence-electron chi connectivity index (χ0n) is 13.0. The van der Waals surface area contributed by atoms with E-state index in [-0.39, 0.29) is 22.8 Å². The highest BCUT2D eigenvalue weighted by molar-refractivity contribution is 9.10. The highest BCUT2D eigenvalue weighted by Crippen LogP contribution is 2.25. The Kier molecular flexibility index (Phi) is 5.30. The monoisotopic (exact) mass is 462 g/mol. The molecule has 0 amide bonds. The van der Waals surface area contributed by atoms with Crippen LogP contribution in [-0.4, -0.2) is 4.98 Å². The lowest BCUT2D eigenvalue weighted by molar-refractivity contribution is -0.688. The molecule has 0 unspecified atom stereocenters. The van der Waals surface area contributed by atoms with Crippen molar-refractivity contribution in [1.82, 2.24) is 4.98 Å². The molecule has 3 nitrogen and oxygen atoms in total. The number of fused-ring (bicyclic) bond motifs is 1. The van der Waals surface area contributed by atoms with Crippen molar-refractivity contribution in [1.29, 1.82) is 0 Å². The first kappa shape index (κ1) is 17.8. The van der Waals surface area contributed by atoms with Crippen LogP contribution in [0.4, 0.5) is 4.39 Å². The van der Waals surface area contributed by atoms with Crippen molar-refractivity contribution >= 4 is 27.0 Å². The number of halogens is 3. The summed E-state index contributed by atoms with van der Waals surface area (Å²) in [7, 11) is 0. The van der Waals surface area contributed by atoms with Crippen molar-refractivity contribution in [2.45, 2.75) is 6.54 Å². The van der Waals surface area contributed by atoms with Gasteiger partial charge in [0.05, 0.1) is 4.47 Å². The van der Waals surface area contributed by atoms with Crippen molar-refractivity contribution in [2.24, 2.45) is 0 Å². The van der Waals surface area contributed by atoms with Gasteiger partial charge in [-0.15, -0.1) is 0 Å². The second kappa shape index (κ2) is 7.45. The van der Waals surface area contributed by atoms with Crippen molar-refractivity contribution < 1.29 is 30.4 Å². The van der Waals surface area contributed by atoms with Crippen LogP contribution >= 0.6 is 15.9 Å². The van der Waals surface area contributed by atoms with Crippen LogP contribution in [0, 0.1) is 5.82 Å². The lowest BCUT2D eigenvalue weighted by Gasteiger charge is -2.01. The molecule has 0 spiro atoms. The zero-order valence-corrected chi connectivity index (χ0v) is 16.2. The van der Waals surface area contributed by atoms with Crippen LogP contribution in [0.15, 0.2) is 75.9 Å². The van der Waals surface area contributed by atoms with Crippen molar-refractivity contribution in [3.8, 4) is 11.5 Å². The molecule has 0 bridgehead atoms. The van der Waals surface area contributed by atoms with E-state index in [9.17, 15) is 4.39 Å². The first-order valence-electron chi connectivity index (χ1n) is 7.47. The van der Waals surface area contributed by atoms with Crippen LogP contribution in [0.1, 0.15) is 5.56 Å². The van der Waals surface area contributed by atoms with E-state index in [2.05, 4.69) is 20.9 Å². The van der Waals surface area contributed by atoms with Gasteiger partial charge in [-0.25, -0.2) is 9.37 Å². The predicted molar refractivity (Wildman–Crippen MR) is 92.8 cm³/mol. The lowest BCUT2D eigenvalue weighted by Crippen LogP contribution is -3.00. The largest absolute Gasteiger partial charge is 1.00 e. The van der Waals surface area contributed by atoms with Gasteiger partial charge in [-0.3, -0.25) is 0 Å². The number of rotatable bonds is 3. The summed E-state index contributed by atoms with van der Waals surface area (Å²) in [4.78, 5) is 4.53. The van der Waals surface area contributed by atoms with Crippen LogP contribution in [-0.2, 0) is 6.54 Å². The minimum atomic E-state index is -0.231. The van der Waals surface area contributed by atoms with Crippen molar-refractivity contribution in [3.05, 3.63) is 82.8 Å². The fraction of sp³-hybridized carbons (Fsp3) is 0.0526. The summed E-state index contributed by atoms with van der Waals surface area (Å²) in [6.45, 7) is 0.632. The van der Waals surface area contributed by atoms with Crippen LogP contribution < -0.4 is 21.5 Å². The zero-order chi connectivity index (χ0) is 16.5. The normalized spacial score (nSPS) is 10.6. The number of hydrogen-bond acceptors (Lipinski definition) is 2. The highest BCUT2D eigenvalue weighted by atomic mass is 79.9. The third-order valence-corrected chi connectivity index (χ3v) is 4.14. The molecule has 0 aliphatic rings. The number of pyridine rings is 1. The Labute approximate surface area is 163 Å². The van der Waals surface area contributed by atoms with E-state index >= 15 is 0 Å². The van der Waals surface area contributed by atoms with Gasteiger partial charge in [0, 0.05) is 5.56 Å². The molecule has 0 radical (unpaired) electrons. The van der Waals surface area contributed by atoms with E-state index in [4.69, 9.17) is 4.42 Å². The topological polar surface area (TPSA) is 29.9 Å². The van der Waals surface area contributed by atoms with Gasteiger partial charge in [-0.1, -0.05) is 12.1 Å². The summed E-state index contributed by atoms with van der Waals surface area (Å²) in [5.74, 6) is 0.343. The molecule has 2 aromatic heterocycles. The maximum atomic E-state index is 13.0. The van der Waals surface area contributed by atoms with Crippen molar-refractivity contribution in [2.75, 3.05) is 0 Å². The Bertz CT molecular complexity index is 983. The number of nitrogens with zero attached hydrogens (tertiary/aromatic N) is 2. The van der Waals surface area contributed by atoms with E-state index in [1.165, 1.54) is 12.1 Å². The average molecular weight is 464 g/mol. The standard InChI is InChI=1S/C19H13BrFN2O.BrH/c20-15-9-14(19-22-17-3-1-2-4-18(17)24-19)11-23(12-15)10-13-5-7-16(21)8-6-13;/h1-9,11-12H,10H2;1H/q+1;/p-1. The Morgan fingerprint density at radius 2 is 1.80 bits per heavy atom. The fourth-order valence-electron chi connectivity index (χ4n) is 2.60. The predicted octanol–water partition coefficient (Wildman–Crippen LogP) is 1.74. The first-order valence-corrected chi connectivity index (χ1v) is 8.27. The second-order valence-corrected chi connectivity index (χ2v) is 6.44. The molecule has 6 heteroatoms. The molecular weight excluding hydrogens is 451 g/mol. The van der Waals surface area contributed by atoms with E-state index < -0.39 is 0 Å². The summed E-state index contributed by atoms with van der Waals surface area (Å²) >= 11 is 3.53. The minimum absolute atomic E-state index is 0. The number of aromatic nitrogens is 2. The van der Waals surface area contributed by atoms with Gasteiger partial charge in [0.2, 0.25) is 5.89 Å². The van der Waals surface area contributed by atoms with Crippen LogP contribution in [0.5, 0.6) is 0 Å². The maximum Gasteiger partial charge on any atom is 0.233 e. The van der Waals surface area contributed by atoms with Gasteiger partial charge in [0.1, 0.15) is 16.9 Å². The highest BCUT2D eigenvalue weighted by Gasteiger charge is 2.14. The molecule has 4 aromatic rings. The molecule has 0 aliphatic carbocycles. The smallest absolute Gasteiger partial charge is 0.233 e. The van der Waals surface area contributed by atoms with Gasteiger partial charge in [-0.05, 0) is 58.4 Å². The van der Waals surface area contributed by atoms with Gasteiger partial charge in [-0.2, -0.15) is 4.57 Å². The number of para-hydroxylation sites is 2. The molecule has 4 rings (SSSR count). The van der Waals surface area contributed by atoms with E-state index in [1.807, 2.05) is 47.3 Å². The Morgan fingerprint density at radius 3 is 2.56 bits per heavy atom. The van der Waals surface area contributed by atoms with Crippen LogP contribution in [0.3, 0.4) is 0 Å². The van der Waals surface area contributed by atoms with Crippen LogP contribution in [0.25, 0.3) is 22.6 Å². The van der Waals surface area contributed by atoms with Crippen molar-refractivity contribution in [3.63, 3.8) is 0 Å². The Hall–Kier alpha value is -2.05. The molecule has 2 aromatic carbocycles. The summed E-state index contributed by atoms with van der Waals surface area (Å²) in [6, 6.07) is 16.1. The quantitative estimate of drug-likeness (QED) is 0.433. The third-order valence-electron chi connectivity index (χ3n) is 3.71. The molecular formula is C19H13Br2FN2O. The number of benzene rings is 2. The van der Waals surface area contributed by atoms with Gasteiger partial charge in [0.15, 0.2) is 24.5 Å². The maximum absolute atomic E-state index is 13.0. The van der Waals surface area contributed by atoms with Crippen LogP contribution in [0.2, 0.25) is 0 Å². The number of oxazole rings is 1. The van der Waals surface area contributed by atoms with E-state index in [0.29, 0.717) is 12.4 Å². The van der Waals surface area contributed by atoms with Gasteiger partial charge < -0.3 is 21.4 Å². The number of hydrogen-bond donors (Lipinski definition) is 0. The lowest BCUT2D eigenvalue weighted by atomic mass is 10.2. The SMILES string of the molecule is Fc1ccc(C[n+]2cc(Br)cc(-c3nc4ccccc4o3)c2)cc1.[Br-]. The van der Waals surface area contributed by atoms with E-state index in [1.54, 1.807) is 12.1 Å². The van der Waals surface area contributed by atoms with Gasteiger partial charge in [0.25, 0.3) is 0 Å². The minimum Gasteiger partial charge on any atom is -1.00 e. The molecule has 0 saturated heterocycles. The summed E-state index contributed by atoms with van der Waals surface area (Å²) in [6.07, 6.45) is 3.94. The summed E-state index contributed by atoms with van der Waals surface area (Å²) < 4.78 is 21.8. The molecule has 2 heterocycles.